The van der Waals surface area contributed by atoms with E-state index in [-0.39, 0.29) is 18.3 Å². The van der Waals surface area contributed by atoms with E-state index in [1.807, 2.05) is 0 Å². The number of anilines is 1. The van der Waals surface area contributed by atoms with E-state index < -0.39 is 6.10 Å². The molecular weight excluding hydrogens is 398 g/mol. The molecule has 7 heteroatoms. The molecule has 0 bridgehead atoms. The van der Waals surface area contributed by atoms with Crippen molar-refractivity contribution in [1.29, 1.82) is 0 Å². The molecule has 2 aromatic rings. The number of halogens is 2. The molecule has 0 aromatic heterocycles. The first-order chi connectivity index (χ1) is 11.4. The van der Waals surface area contributed by atoms with E-state index in [0.29, 0.717) is 32.2 Å². The van der Waals surface area contributed by atoms with Crippen molar-refractivity contribution in [3.8, 4) is 11.5 Å². The molecule has 1 aliphatic rings. The number of benzene rings is 2. The SMILES string of the molecule is CC(Oc1ccc(Cl)cc1Br)C(=O)c1ccc2c(c1)NC(=O)CO2. The molecule has 2 aromatic carbocycles. The van der Waals surface area contributed by atoms with Gasteiger partial charge in [-0.1, -0.05) is 11.6 Å². The zero-order valence-electron chi connectivity index (χ0n) is 12.6. The van der Waals surface area contributed by atoms with Crippen LogP contribution in [0.3, 0.4) is 0 Å². The van der Waals surface area contributed by atoms with E-state index >= 15 is 0 Å². The molecule has 5 nitrogen and oxygen atoms in total. The maximum absolute atomic E-state index is 12.6. The molecule has 3 rings (SSSR count). The Labute approximate surface area is 152 Å². The van der Waals surface area contributed by atoms with Crippen molar-refractivity contribution >= 4 is 44.9 Å². The Morgan fingerprint density at radius 3 is 2.88 bits per heavy atom. The molecule has 0 spiro atoms. The Kier molecular flexibility index (Phi) is 4.78. The van der Waals surface area contributed by atoms with Crippen LogP contribution in [0, 0.1) is 0 Å². The fraction of sp³-hybridized carbons (Fsp3) is 0.176. The molecule has 0 radical (unpaired) electrons. The van der Waals surface area contributed by atoms with Gasteiger partial charge in [0.2, 0.25) is 5.78 Å². The normalized spacial score (nSPS) is 14.2. The lowest BCUT2D eigenvalue weighted by Crippen LogP contribution is -2.27. The van der Waals surface area contributed by atoms with Crippen LogP contribution >= 0.6 is 27.5 Å². The first-order valence-corrected chi connectivity index (χ1v) is 8.34. The quantitative estimate of drug-likeness (QED) is 0.771. The van der Waals surface area contributed by atoms with Crippen molar-refractivity contribution in [3.63, 3.8) is 0 Å². The zero-order chi connectivity index (χ0) is 17.3. The van der Waals surface area contributed by atoms with Crippen LogP contribution in [0.2, 0.25) is 5.02 Å². The number of nitrogens with one attached hydrogen (secondary N) is 1. The largest absolute Gasteiger partial charge is 0.482 e. The molecule has 1 amide bonds. The van der Waals surface area contributed by atoms with Crippen molar-refractivity contribution in [1.82, 2.24) is 0 Å². The van der Waals surface area contributed by atoms with Gasteiger partial charge in [0.05, 0.1) is 10.2 Å². The molecule has 0 saturated heterocycles. The van der Waals surface area contributed by atoms with E-state index in [1.54, 1.807) is 43.3 Å². The summed E-state index contributed by atoms with van der Waals surface area (Å²) in [7, 11) is 0. The minimum atomic E-state index is -0.708. The Morgan fingerprint density at radius 1 is 1.33 bits per heavy atom. The third-order valence-corrected chi connectivity index (χ3v) is 4.32. The molecular formula is C17H13BrClNO4. The molecule has 0 fully saturated rings. The topological polar surface area (TPSA) is 64.6 Å². The fourth-order valence-corrected chi connectivity index (χ4v) is 3.06. The minimum absolute atomic E-state index is 0.0234. The fourth-order valence-electron chi connectivity index (χ4n) is 2.29. The standard InChI is InChI=1S/C17H13BrClNO4/c1-9(24-14-5-3-11(19)7-12(14)18)17(22)10-2-4-15-13(6-10)20-16(21)8-23-15/h2-7,9H,8H2,1H3,(H,20,21). The zero-order valence-corrected chi connectivity index (χ0v) is 15.0. The van der Waals surface area contributed by atoms with E-state index in [2.05, 4.69) is 21.2 Å². The van der Waals surface area contributed by atoms with E-state index in [1.165, 1.54) is 0 Å². The highest BCUT2D eigenvalue weighted by Gasteiger charge is 2.22. The van der Waals surface area contributed by atoms with Gasteiger partial charge >= 0.3 is 0 Å². The van der Waals surface area contributed by atoms with Crippen molar-refractivity contribution in [2.24, 2.45) is 0 Å². The molecule has 1 N–H and O–H groups in total. The maximum atomic E-state index is 12.6. The van der Waals surface area contributed by atoms with E-state index in [4.69, 9.17) is 21.1 Å². The molecule has 124 valence electrons. The van der Waals surface area contributed by atoms with Gasteiger partial charge in [-0.05, 0) is 59.3 Å². The number of hydrogen-bond donors (Lipinski definition) is 1. The van der Waals surface area contributed by atoms with Gasteiger partial charge in [-0.3, -0.25) is 9.59 Å². The maximum Gasteiger partial charge on any atom is 0.262 e. The first-order valence-electron chi connectivity index (χ1n) is 7.16. The van der Waals surface area contributed by atoms with E-state index in [9.17, 15) is 9.59 Å². The van der Waals surface area contributed by atoms with Gasteiger partial charge in [0.25, 0.3) is 5.91 Å². The van der Waals surface area contributed by atoms with E-state index in [0.717, 1.165) is 0 Å². The number of Topliss-reactive ketones (excluding diaryl/α,β-unsaturated/α-hetero) is 1. The summed E-state index contributed by atoms with van der Waals surface area (Å²) in [6.45, 7) is 1.64. The van der Waals surface area contributed by atoms with Gasteiger partial charge < -0.3 is 14.8 Å². The summed E-state index contributed by atoms with van der Waals surface area (Å²) in [4.78, 5) is 24.0. The van der Waals surface area contributed by atoms with Gasteiger partial charge in [0.15, 0.2) is 12.7 Å². The summed E-state index contributed by atoms with van der Waals surface area (Å²) in [6, 6.07) is 9.97. The van der Waals surface area contributed by atoms with Crippen LogP contribution in [-0.4, -0.2) is 24.4 Å². The number of ketones is 1. The van der Waals surface area contributed by atoms with Gasteiger partial charge in [-0.25, -0.2) is 0 Å². The second kappa shape index (κ2) is 6.83. The predicted molar refractivity (Wildman–Crippen MR) is 94.1 cm³/mol. The second-order valence-electron chi connectivity index (χ2n) is 5.25. The lowest BCUT2D eigenvalue weighted by Gasteiger charge is -2.19. The number of rotatable bonds is 4. The van der Waals surface area contributed by atoms with Crippen LogP contribution in [0.15, 0.2) is 40.9 Å². The van der Waals surface area contributed by atoms with Gasteiger partial charge in [0.1, 0.15) is 11.5 Å². The highest BCUT2D eigenvalue weighted by molar-refractivity contribution is 9.10. The minimum Gasteiger partial charge on any atom is -0.482 e. The van der Waals surface area contributed by atoms with Gasteiger partial charge in [-0.15, -0.1) is 0 Å². The monoisotopic (exact) mass is 409 g/mol. The average molecular weight is 411 g/mol. The number of fused-ring (bicyclic) bond motifs is 1. The third-order valence-electron chi connectivity index (χ3n) is 3.46. The van der Waals surface area contributed by atoms with Crippen molar-refractivity contribution < 1.29 is 19.1 Å². The molecule has 1 unspecified atom stereocenters. The van der Waals surface area contributed by atoms with Crippen LogP contribution < -0.4 is 14.8 Å². The van der Waals surface area contributed by atoms with Crippen LogP contribution in [0.1, 0.15) is 17.3 Å². The Bertz CT molecular complexity index is 824. The third kappa shape index (κ3) is 3.55. The summed E-state index contributed by atoms with van der Waals surface area (Å²) < 4.78 is 11.7. The second-order valence-corrected chi connectivity index (χ2v) is 6.54. The molecule has 24 heavy (non-hydrogen) atoms. The average Bonchev–Trinajstić information content (AvgIpc) is 2.56. The smallest absolute Gasteiger partial charge is 0.262 e. The Balaban J connectivity index is 1.78. The molecule has 1 aliphatic heterocycles. The summed E-state index contributed by atoms with van der Waals surface area (Å²) in [5, 5.41) is 3.25. The molecule has 1 heterocycles. The van der Waals surface area contributed by atoms with Crippen LogP contribution in [-0.2, 0) is 4.79 Å². The lowest BCUT2D eigenvalue weighted by molar-refractivity contribution is -0.118. The highest BCUT2D eigenvalue weighted by atomic mass is 79.9. The molecule has 0 aliphatic carbocycles. The number of ether oxygens (including phenoxy) is 2. The van der Waals surface area contributed by atoms with Crippen LogP contribution in [0.25, 0.3) is 0 Å². The number of carbonyl (C=O) groups is 2. The van der Waals surface area contributed by atoms with Crippen molar-refractivity contribution in [2.75, 3.05) is 11.9 Å². The summed E-state index contributed by atoms with van der Waals surface area (Å²) in [5.41, 5.74) is 0.911. The number of carbonyl (C=O) groups excluding carboxylic acids is 2. The Hall–Kier alpha value is -2.05. The van der Waals surface area contributed by atoms with Crippen molar-refractivity contribution in [2.45, 2.75) is 13.0 Å². The molecule has 0 saturated carbocycles. The van der Waals surface area contributed by atoms with Crippen molar-refractivity contribution in [3.05, 3.63) is 51.5 Å². The lowest BCUT2D eigenvalue weighted by atomic mass is 10.1. The summed E-state index contributed by atoms with van der Waals surface area (Å²) >= 11 is 9.24. The van der Waals surface area contributed by atoms with Crippen LogP contribution in [0.5, 0.6) is 11.5 Å². The first kappa shape index (κ1) is 16.8. The summed E-state index contributed by atoms with van der Waals surface area (Å²) in [6.07, 6.45) is -0.708. The van der Waals surface area contributed by atoms with Crippen LogP contribution in [0.4, 0.5) is 5.69 Å². The summed E-state index contributed by atoms with van der Waals surface area (Å²) in [5.74, 6) is 0.607. The molecule has 1 atom stereocenters. The number of hydrogen-bond acceptors (Lipinski definition) is 4. The van der Waals surface area contributed by atoms with Gasteiger partial charge in [-0.2, -0.15) is 0 Å². The predicted octanol–water partition coefficient (Wildman–Crippen LogP) is 4.08. The van der Waals surface area contributed by atoms with Gasteiger partial charge in [0, 0.05) is 10.6 Å². The number of amides is 1. The Morgan fingerprint density at radius 2 is 2.12 bits per heavy atom. The highest BCUT2D eigenvalue weighted by Crippen LogP contribution is 2.31.